The lowest BCUT2D eigenvalue weighted by Gasteiger charge is -2.15. The molecule has 0 saturated heterocycles. The van der Waals surface area contributed by atoms with E-state index in [0.717, 1.165) is 22.4 Å². The Kier molecular flexibility index (Phi) is 4.65. The molecule has 1 aliphatic rings. The van der Waals surface area contributed by atoms with Crippen molar-refractivity contribution in [3.8, 4) is 11.1 Å². The average molecular weight is 392 g/mol. The van der Waals surface area contributed by atoms with E-state index in [9.17, 15) is 13.2 Å². The summed E-state index contributed by atoms with van der Waals surface area (Å²) < 4.78 is 28.1. The topological polar surface area (TPSA) is 66.5 Å². The maximum atomic E-state index is 12.7. The molecule has 28 heavy (non-hydrogen) atoms. The smallest absolute Gasteiger partial charge is 0.261 e. The molecule has 0 atom stereocenters. The first-order chi connectivity index (χ1) is 13.5. The first kappa shape index (κ1) is 18.3. The van der Waals surface area contributed by atoms with E-state index in [0.29, 0.717) is 18.7 Å². The van der Waals surface area contributed by atoms with Crippen LogP contribution in [0.3, 0.4) is 0 Å². The summed E-state index contributed by atoms with van der Waals surface area (Å²) in [5, 5.41) is 0. The van der Waals surface area contributed by atoms with Gasteiger partial charge >= 0.3 is 0 Å². The van der Waals surface area contributed by atoms with Gasteiger partial charge in [0.1, 0.15) is 0 Å². The van der Waals surface area contributed by atoms with Crippen LogP contribution in [0.1, 0.15) is 12.5 Å². The van der Waals surface area contributed by atoms with Gasteiger partial charge in [0.15, 0.2) is 0 Å². The number of carbonyl (C=O) groups is 1. The lowest BCUT2D eigenvalue weighted by atomic mass is 10.1. The summed E-state index contributed by atoms with van der Waals surface area (Å²) in [5.41, 5.74) is 4.13. The van der Waals surface area contributed by atoms with E-state index >= 15 is 0 Å². The molecule has 4 rings (SSSR count). The van der Waals surface area contributed by atoms with E-state index < -0.39 is 10.0 Å². The highest BCUT2D eigenvalue weighted by molar-refractivity contribution is 7.92. The minimum atomic E-state index is -3.71. The van der Waals surface area contributed by atoms with Gasteiger partial charge in [-0.1, -0.05) is 42.5 Å². The lowest BCUT2D eigenvalue weighted by Crippen LogP contribution is -2.25. The number of nitrogens with zero attached hydrogens (tertiary/aromatic N) is 1. The molecule has 3 aromatic carbocycles. The zero-order valence-electron chi connectivity index (χ0n) is 15.4. The predicted octanol–water partition coefficient (Wildman–Crippen LogP) is 4.06. The molecule has 0 saturated carbocycles. The molecule has 1 amide bonds. The number of anilines is 2. The average Bonchev–Trinajstić information content (AvgIpc) is 3.02. The zero-order chi connectivity index (χ0) is 19.7. The summed E-state index contributed by atoms with van der Waals surface area (Å²) in [6, 6.07) is 21.8. The van der Waals surface area contributed by atoms with Gasteiger partial charge in [0.05, 0.1) is 11.3 Å². The van der Waals surface area contributed by atoms with E-state index in [1.165, 1.54) is 0 Å². The van der Waals surface area contributed by atoms with Crippen molar-refractivity contribution in [3.05, 3.63) is 78.4 Å². The molecule has 0 fully saturated rings. The summed E-state index contributed by atoms with van der Waals surface area (Å²) >= 11 is 0. The molecule has 0 spiro atoms. The number of likely N-dealkylation sites (N-methyl/N-ethyl adjacent to an activating group) is 1. The monoisotopic (exact) mass is 392 g/mol. The number of hydrogen-bond acceptors (Lipinski definition) is 3. The third kappa shape index (κ3) is 3.39. The number of benzene rings is 3. The van der Waals surface area contributed by atoms with E-state index in [2.05, 4.69) is 4.72 Å². The second-order valence-corrected chi connectivity index (χ2v) is 8.34. The summed E-state index contributed by atoms with van der Waals surface area (Å²) in [5.74, 6) is 0.0361. The normalized spacial score (nSPS) is 13.5. The van der Waals surface area contributed by atoms with Crippen LogP contribution in [0.15, 0.2) is 77.7 Å². The van der Waals surface area contributed by atoms with Crippen LogP contribution in [0.5, 0.6) is 0 Å². The minimum absolute atomic E-state index is 0.0361. The van der Waals surface area contributed by atoms with Crippen LogP contribution in [0.4, 0.5) is 11.4 Å². The number of nitrogens with one attached hydrogen (secondary N) is 1. The van der Waals surface area contributed by atoms with E-state index in [1.807, 2.05) is 37.3 Å². The molecule has 0 aromatic heterocycles. The summed E-state index contributed by atoms with van der Waals surface area (Å²) in [6.07, 6.45) is 0.296. The number of hydrogen-bond donors (Lipinski definition) is 1. The summed E-state index contributed by atoms with van der Waals surface area (Å²) in [6.45, 7) is 2.52. The molecule has 5 nitrogen and oxygen atoms in total. The van der Waals surface area contributed by atoms with Crippen molar-refractivity contribution in [2.24, 2.45) is 0 Å². The Labute approximate surface area is 164 Å². The molecule has 0 radical (unpaired) electrons. The third-order valence-electron chi connectivity index (χ3n) is 4.85. The molecule has 6 heteroatoms. The molecule has 142 valence electrons. The van der Waals surface area contributed by atoms with E-state index in [4.69, 9.17) is 0 Å². The molecule has 1 aliphatic heterocycles. The van der Waals surface area contributed by atoms with Crippen LogP contribution in [0, 0.1) is 0 Å². The highest BCUT2D eigenvalue weighted by atomic mass is 32.2. The fourth-order valence-corrected chi connectivity index (χ4v) is 4.51. The van der Waals surface area contributed by atoms with Gasteiger partial charge in [-0.2, -0.15) is 0 Å². The Hall–Kier alpha value is -3.12. The molecular weight excluding hydrogens is 372 g/mol. The number of rotatable bonds is 5. The van der Waals surface area contributed by atoms with Crippen LogP contribution in [0.25, 0.3) is 11.1 Å². The van der Waals surface area contributed by atoms with Gasteiger partial charge in [-0.15, -0.1) is 0 Å². The predicted molar refractivity (Wildman–Crippen MR) is 111 cm³/mol. The molecular formula is C22H20N2O3S. The molecule has 3 aromatic rings. The Morgan fingerprint density at radius 1 is 0.929 bits per heavy atom. The van der Waals surface area contributed by atoms with Gasteiger partial charge in [-0.05, 0) is 53.9 Å². The second kappa shape index (κ2) is 7.13. The highest BCUT2D eigenvalue weighted by Gasteiger charge is 2.26. The Balaban J connectivity index is 1.57. The van der Waals surface area contributed by atoms with Crippen molar-refractivity contribution < 1.29 is 13.2 Å². The van der Waals surface area contributed by atoms with Crippen molar-refractivity contribution in [3.63, 3.8) is 0 Å². The van der Waals surface area contributed by atoms with Crippen molar-refractivity contribution in [2.75, 3.05) is 16.2 Å². The zero-order valence-corrected chi connectivity index (χ0v) is 16.2. The maximum absolute atomic E-state index is 12.7. The molecule has 1 N–H and O–H groups in total. The van der Waals surface area contributed by atoms with Crippen LogP contribution in [0.2, 0.25) is 0 Å². The Bertz CT molecular complexity index is 1120. The number of amides is 1. The largest absolute Gasteiger partial charge is 0.312 e. The molecule has 0 bridgehead atoms. The standard InChI is InChI=1S/C22H20N2O3S/c1-2-24-21-13-10-19(14-18(21)15-22(24)25)23-28(26,27)20-11-8-17(9-12-20)16-6-4-3-5-7-16/h3-14,23H,2,15H2,1H3. The SMILES string of the molecule is CCN1C(=O)Cc2cc(NS(=O)(=O)c3ccc(-c4ccccc4)cc3)ccc21. The van der Waals surface area contributed by atoms with E-state index in [1.54, 1.807) is 47.4 Å². The van der Waals surface area contributed by atoms with Crippen molar-refractivity contribution >= 4 is 27.3 Å². The first-order valence-electron chi connectivity index (χ1n) is 9.09. The van der Waals surface area contributed by atoms with Gasteiger partial charge in [-0.25, -0.2) is 8.42 Å². The fourth-order valence-electron chi connectivity index (χ4n) is 3.46. The van der Waals surface area contributed by atoms with Crippen molar-refractivity contribution in [1.82, 2.24) is 0 Å². The molecule has 0 unspecified atom stereocenters. The summed E-state index contributed by atoms with van der Waals surface area (Å²) in [4.78, 5) is 13.9. The molecule has 0 aliphatic carbocycles. The van der Waals surface area contributed by atoms with Gasteiger partial charge in [0.2, 0.25) is 5.91 Å². The van der Waals surface area contributed by atoms with Crippen LogP contribution in [-0.4, -0.2) is 20.9 Å². The number of sulfonamides is 1. The van der Waals surface area contributed by atoms with Gasteiger partial charge in [0, 0.05) is 17.9 Å². The number of fused-ring (bicyclic) bond motifs is 1. The van der Waals surface area contributed by atoms with Crippen LogP contribution < -0.4 is 9.62 Å². The minimum Gasteiger partial charge on any atom is -0.312 e. The van der Waals surface area contributed by atoms with E-state index in [-0.39, 0.29) is 10.8 Å². The van der Waals surface area contributed by atoms with Crippen LogP contribution in [-0.2, 0) is 21.2 Å². The first-order valence-corrected chi connectivity index (χ1v) is 10.6. The van der Waals surface area contributed by atoms with Crippen LogP contribution >= 0.6 is 0 Å². The maximum Gasteiger partial charge on any atom is 0.261 e. The van der Waals surface area contributed by atoms with Crippen molar-refractivity contribution in [1.29, 1.82) is 0 Å². The van der Waals surface area contributed by atoms with Gasteiger partial charge in [0.25, 0.3) is 10.0 Å². The quantitative estimate of drug-likeness (QED) is 0.712. The number of carbonyl (C=O) groups excluding carboxylic acids is 1. The van der Waals surface area contributed by atoms with Crippen molar-refractivity contribution in [2.45, 2.75) is 18.2 Å². The lowest BCUT2D eigenvalue weighted by molar-refractivity contribution is -0.117. The highest BCUT2D eigenvalue weighted by Crippen LogP contribution is 2.32. The summed E-state index contributed by atoms with van der Waals surface area (Å²) in [7, 11) is -3.71. The third-order valence-corrected chi connectivity index (χ3v) is 6.25. The second-order valence-electron chi connectivity index (χ2n) is 6.65. The Morgan fingerprint density at radius 2 is 1.61 bits per heavy atom. The van der Waals surface area contributed by atoms with Gasteiger partial charge in [-0.3, -0.25) is 9.52 Å². The Morgan fingerprint density at radius 3 is 2.29 bits per heavy atom. The van der Waals surface area contributed by atoms with Gasteiger partial charge < -0.3 is 4.90 Å². The fraction of sp³-hybridized carbons (Fsp3) is 0.136. The molecule has 1 heterocycles.